The number of allylic oxidation sites excluding steroid dienone is 1. The molecule has 0 saturated carbocycles. The number of dihydropyridines is 1. The molecule has 0 aliphatic carbocycles. The number of carbonyl (C=O) groups is 3. The van der Waals surface area contributed by atoms with Crippen molar-refractivity contribution in [3.63, 3.8) is 0 Å². The number of amides is 1. The number of carbonyl (C=O) groups excluding carboxylic acids is 3. The summed E-state index contributed by atoms with van der Waals surface area (Å²) >= 11 is 13.4. The minimum atomic E-state index is -1.05. The molecule has 2 aliphatic heterocycles. The van der Waals surface area contributed by atoms with Crippen LogP contribution in [0.15, 0.2) is 71.1 Å². The van der Waals surface area contributed by atoms with E-state index in [2.05, 4.69) is 15.5 Å². The number of rotatable bonds is 11. The molecule has 0 aromatic heterocycles. The highest BCUT2D eigenvalue weighted by molar-refractivity contribution is 6.36. The first-order valence-electron chi connectivity index (χ1n) is 14.6. The number of ether oxygens (including phenoxy) is 2. The quantitative estimate of drug-likeness (QED) is 0.162. The van der Waals surface area contributed by atoms with Crippen molar-refractivity contribution in [1.29, 1.82) is 5.41 Å². The normalized spacial score (nSPS) is 17.1. The van der Waals surface area contributed by atoms with Gasteiger partial charge in [0, 0.05) is 66.3 Å². The van der Waals surface area contributed by atoms with Crippen molar-refractivity contribution in [2.45, 2.75) is 25.2 Å². The lowest BCUT2D eigenvalue weighted by Crippen LogP contribution is -2.51. The molecular formula is C32H38Cl2N6O5. The lowest BCUT2D eigenvalue weighted by Gasteiger charge is -2.36. The van der Waals surface area contributed by atoms with E-state index in [1.54, 1.807) is 23.1 Å². The van der Waals surface area contributed by atoms with E-state index in [-0.39, 0.29) is 39.5 Å². The Hall–Kier alpha value is -4.06. The van der Waals surface area contributed by atoms with E-state index in [9.17, 15) is 14.4 Å². The standard InChI is InChI=1S/C32H38Cl2N6O5/c1-44-30(42)27-23(12-11-20-7-4-3-5-8-20)38-24(19-25(41)40-17-15-39(16-18-40)14-13-37-32(35)36)28(31(43)45-2)29(27)26-21(33)9-6-10-22(26)34/h3-10,29,38H,11-19H2,1-2H3,(H4,35,36,37). The summed E-state index contributed by atoms with van der Waals surface area (Å²) in [5.74, 6) is -2.70. The molecule has 2 aliphatic rings. The van der Waals surface area contributed by atoms with Crippen molar-refractivity contribution in [2.24, 2.45) is 5.73 Å². The van der Waals surface area contributed by atoms with Gasteiger partial charge in [0.15, 0.2) is 5.96 Å². The molecule has 1 atom stereocenters. The number of piperazine rings is 1. The van der Waals surface area contributed by atoms with E-state index >= 15 is 0 Å². The first-order valence-corrected chi connectivity index (χ1v) is 15.4. The van der Waals surface area contributed by atoms with Gasteiger partial charge in [0.2, 0.25) is 5.91 Å². The number of nitrogens with two attached hydrogens (primary N) is 1. The van der Waals surface area contributed by atoms with Gasteiger partial charge in [0.05, 0.1) is 37.7 Å². The lowest BCUT2D eigenvalue weighted by molar-refractivity contribution is -0.137. The number of aryl methyl sites for hydroxylation is 1. The van der Waals surface area contributed by atoms with Gasteiger partial charge in [-0.05, 0) is 30.5 Å². The Morgan fingerprint density at radius 1 is 0.911 bits per heavy atom. The molecule has 4 rings (SSSR count). The Labute approximate surface area is 272 Å². The minimum absolute atomic E-state index is 0.0682. The van der Waals surface area contributed by atoms with E-state index in [0.29, 0.717) is 69.1 Å². The average molecular weight is 658 g/mol. The van der Waals surface area contributed by atoms with E-state index in [4.69, 9.17) is 43.8 Å². The molecule has 0 radical (unpaired) electrons. The number of benzene rings is 2. The number of nitrogens with zero attached hydrogens (tertiary/aromatic N) is 2. The van der Waals surface area contributed by atoms with Gasteiger partial charge in [-0.25, -0.2) is 9.59 Å². The maximum absolute atomic E-state index is 13.7. The van der Waals surface area contributed by atoms with Crippen LogP contribution in [0.5, 0.6) is 0 Å². The summed E-state index contributed by atoms with van der Waals surface area (Å²) in [4.78, 5) is 44.7. The molecule has 2 heterocycles. The smallest absolute Gasteiger partial charge is 0.336 e. The van der Waals surface area contributed by atoms with Crippen molar-refractivity contribution < 1.29 is 23.9 Å². The highest BCUT2D eigenvalue weighted by atomic mass is 35.5. The van der Waals surface area contributed by atoms with Gasteiger partial charge in [0.1, 0.15) is 0 Å². The predicted molar refractivity (Wildman–Crippen MR) is 173 cm³/mol. The van der Waals surface area contributed by atoms with Gasteiger partial charge in [-0.1, -0.05) is 59.6 Å². The number of hydrogen-bond donors (Lipinski definition) is 4. The Morgan fingerprint density at radius 3 is 2.09 bits per heavy atom. The molecule has 0 spiro atoms. The third-order valence-corrected chi connectivity index (χ3v) is 8.59. The fourth-order valence-corrected chi connectivity index (χ4v) is 6.29. The molecule has 13 heteroatoms. The molecule has 5 N–H and O–H groups in total. The third-order valence-electron chi connectivity index (χ3n) is 7.93. The van der Waals surface area contributed by atoms with Gasteiger partial charge < -0.3 is 30.7 Å². The van der Waals surface area contributed by atoms with Crippen molar-refractivity contribution in [3.05, 3.63) is 92.2 Å². The molecule has 1 amide bonds. The molecule has 1 fully saturated rings. The van der Waals surface area contributed by atoms with Crippen molar-refractivity contribution in [1.82, 2.24) is 20.4 Å². The number of esters is 2. The summed E-state index contributed by atoms with van der Waals surface area (Å²) in [5.41, 5.74) is 7.82. The highest BCUT2D eigenvalue weighted by Gasteiger charge is 2.42. The van der Waals surface area contributed by atoms with Crippen molar-refractivity contribution in [3.8, 4) is 0 Å². The summed E-state index contributed by atoms with van der Waals surface area (Å²) in [5, 5.41) is 13.9. The maximum Gasteiger partial charge on any atom is 0.336 e. The van der Waals surface area contributed by atoms with Gasteiger partial charge in [-0.3, -0.25) is 15.1 Å². The fraction of sp³-hybridized carbons (Fsp3) is 0.375. The van der Waals surface area contributed by atoms with Crippen LogP contribution in [0.3, 0.4) is 0 Å². The van der Waals surface area contributed by atoms with Crippen molar-refractivity contribution >= 4 is 47.0 Å². The average Bonchev–Trinajstić information content (AvgIpc) is 3.03. The van der Waals surface area contributed by atoms with Crippen LogP contribution in [-0.4, -0.2) is 87.1 Å². The topological polar surface area (TPSA) is 150 Å². The van der Waals surface area contributed by atoms with Gasteiger partial charge in [-0.15, -0.1) is 0 Å². The van der Waals surface area contributed by atoms with Crippen LogP contribution >= 0.6 is 23.2 Å². The van der Waals surface area contributed by atoms with E-state index < -0.39 is 17.9 Å². The van der Waals surface area contributed by atoms with Gasteiger partial charge in [0.25, 0.3) is 0 Å². The molecule has 1 saturated heterocycles. The van der Waals surface area contributed by atoms with Crippen LogP contribution in [0.2, 0.25) is 10.0 Å². The second-order valence-corrected chi connectivity index (χ2v) is 11.5. The maximum atomic E-state index is 13.7. The number of nitrogens with one attached hydrogen (secondary N) is 3. The molecule has 45 heavy (non-hydrogen) atoms. The van der Waals surface area contributed by atoms with Crippen LogP contribution in [0, 0.1) is 5.41 Å². The molecular weight excluding hydrogens is 619 g/mol. The van der Waals surface area contributed by atoms with Gasteiger partial charge >= 0.3 is 11.9 Å². The summed E-state index contributed by atoms with van der Waals surface area (Å²) in [7, 11) is 2.51. The third kappa shape index (κ3) is 8.36. The first kappa shape index (κ1) is 33.8. The number of methoxy groups -OCH3 is 2. The SMILES string of the molecule is COC(=O)C1=C(CCc2ccccc2)NC(CC(=O)N2CCN(CCNC(=N)N)CC2)=C(C(=O)OC)C1c1c(Cl)cccc1Cl. The zero-order chi connectivity index (χ0) is 32.5. The summed E-state index contributed by atoms with van der Waals surface area (Å²) in [6.45, 7) is 3.50. The lowest BCUT2D eigenvalue weighted by atomic mass is 9.78. The Bertz CT molecular complexity index is 1470. The predicted octanol–water partition coefficient (Wildman–Crippen LogP) is 3.18. The molecule has 0 bridgehead atoms. The van der Waals surface area contributed by atoms with E-state index in [1.165, 1.54) is 14.2 Å². The van der Waals surface area contributed by atoms with Crippen LogP contribution in [-0.2, 0) is 30.3 Å². The number of guanidine groups is 1. The molecule has 2 aromatic rings. The number of halogens is 2. The van der Waals surface area contributed by atoms with Crippen LogP contribution < -0.4 is 16.4 Å². The molecule has 240 valence electrons. The summed E-state index contributed by atoms with van der Waals surface area (Å²) < 4.78 is 10.4. The highest BCUT2D eigenvalue weighted by Crippen LogP contribution is 2.46. The zero-order valence-corrected chi connectivity index (χ0v) is 26.8. The minimum Gasteiger partial charge on any atom is -0.466 e. The van der Waals surface area contributed by atoms with Crippen molar-refractivity contribution in [2.75, 3.05) is 53.5 Å². The second kappa shape index (κ2) is 15.8. The Balaban J connectivity index is 1.71. The fourth-order valence-electron chi connectivity index (χ4n) is 5.67. The Kier molecular flexibility index (Phi) is 11.9. The van der Waals surface area contributed by atoms with Crippen LogP contribution in [0.4, 0.5) is 0 Å². The van der Waals surface area contributed by atoms with Crippen LogP contribution in [0.1, 0.15) is 29.9 Å². The molecule has 11 nitrogen and oxygen atoms in total. The summed E-state index contributed by atoms with van der Waals surface area (Å²) in [6, 6.07) is 14.7. The zero-order valence-electron chi connectivity index (χ0n) is 25.3. The van der Waals surface area contributed by atoms with Crippen LogP contribution in [0.25, 0.3) is 0 Å². The first-order chi connectivity index (χ1) is 21.6. The molecule has 1 unspecified atom stereocenters. The van der Waals surface area contributed by atoms with Gasteiger partial charge in [-0.2, -0.15) is 0 Å². The monoisotopic (exact) mass is 656 g/mol. The summed E-state index contributed by atoms with van der Waals surface area (Å²) in [6.07, 6.45) is 0.812. The Morgan fingerprint density at radius 2 is 1.51 bits per heavy atom. The second-order valence-electron chi connectivity index (χ2n) is 10.7. The number of hydrogen-bond acceptors (Lipinski definition) is 8. The largest absolute Gasteiger partial charge is 0.466 e. The van der Waals surface area contributed by atoms with E-state index in [0.717, 1.165) is 5.56 Å². The van der Waals surface area contributed by atoms with E-state index in [1.807, 2.05) is 30.3 Å². The molecule has 2 aromatic carbocycles.